The van der Waals surface area contributed by atoms with E-state index in [0.29, 0.717) is 29.1 Å². The third-order valence-corrected chi connectivity index (χ3v) is 7.94. The summed E-state index contributed by atoms with van der Waals surface area (Å²) in [5.74, 6) is -0.278. The summed E-state index contributed by atoms with van der Waals surface area (Å²) in [5, 5.41) is 13.3. The number of H-pyrrole nitrogens is 1. The van der Waals surface area contributed by atoms with Gasteiger partial charge in [0.1, 0.15) is 11.5 Å². The second-order valence-electron chi connectivity index (χ2n) is 10.3. The second kappa shape index (κ2) is 8.79. The monoisotopic (exact) mass is 517 g/mol. The van der Waals surface area contributed by atoms with Crippen LogP contribution in [0.25, 0.3) is 50.2 Å². The average molecular weight is 518 g/mol. The molecule has 0 amide bonds. The van der Waals surface area contributed by atoms with Crippen LogP contribution >= 0.6 is 0 Å². The van der Waals surface area contributed by atoms with Crippen molar-refractivity contribution in [3.63, 3.8) is 0 Å². The first-order chi connectivity index (χ1) is 19.2. The van der Waals surface area contributed by atoms with E-state index in [1.807, 2.05) is 54.7 Å². The van der Waals surface area contributed by atoms with Crippen molar-refractivity contribution in [2.75, 3.05) is 13.2 Å². The topological polar surface area (TPSA) is 84.2 Å². The summed E-state index contributed by atoms with van der Waals surface area (Å²) in [6, 6.07) is 17.6. The summed E-state index contributed by atoms with van der Waals surface area (Å²) >= 11 is 0. The smallest absolute Gasteiger partial charge is 0.164 e. The molecule has 2 fully saturated rings. The molecule has 1 N–H and O–H groups in total. The summed E-state index contributed by atoms with van der Waals surface area (Å²) < 4.78 is 23.2. The molecule has 2 aliphatic heterocycles. The molecule has 192 valence electrons. The van der Waals surface area contributed by atoms with Crippen LogP contribution in [0.5, 0.6) is 0 Å². The van der Waals surface area contributed by atoms with Crippen LogP contribution in [0.2, 0.25) is 0 Å². The number of aromatic amines is 1. The Labute approximate surface area is 223 Å². The number of pyridine rings is 1. The lowest BCUT2D eigenvalue weighted by molar-refractivity contribution is 0.0273. The quantitative estimate of drug-likeness (QED) is 0.342. The van der Waals surface area contributed by atoms with E-state index in [0.717, 1.165) is 65.0 Å². The number of nitrogens with zero attached hydrogens (tertiary/aromatic N) is 6. The molecule has 0 spiro atoms. The number of hydrogen-bond acceptors (Lipinski definition) is 6. The van der Waals surface area contributed by atoms with Crippen LogP contribution in [0.1, 0.15) is 12.0 Å². The van der Waals surface area contributed by atoms with Crippen molar-refractivity contribution in [3.05, 3.63) is 90.8 Å². The highest BCUT2D eigenvalue weighted by molar-refractivity contribution is 6.02. The zero-order chi connectivity index (χ0) is 25.9. The lowest BCUT2D eigenvalue weighted by Crippen LogP contribution is -2.36. The first kappa shape index (κ1) is 22.5. The fourth-order valence-electron chi connectivity index (χ4n) is 6.07. The van der Waals surface area contributed by atoms with Crippen LogP contribution in [0.4, 0.5) is 4.39 Å². The average Bonchev–Trinajstić information content (AvgIpc) is 3.77. The second-order valence-corrected chi connectivity index (χ2v) is 10.3. The van der Waals surface area contributed by atoms with Crippen molar-refractivity contribution in [1.29, 1.82) is 0 Å². The molecule has 2 saturated heterocycles. The number of aromatic nitrogens is 6. The van der Waals surface area contributed by atoms with E-state index in [4.69, 9.17) is 14.8 Å². The van der Waals surface area contributed by atoms with E-state index in [2.05, 4.69) is 20.1 Å². The van der Waals surface area contributed by atoms with Crippen LogP contribution in [0.15, 0.2) is 79.4 Å². The van der Waals surface area contributed by atoms with Gasteiger partial charge in [0.25, 0.3) is 0 Å². The molecule has 0 unspecified atom stereocenters. The molecule has 2 aliphatic rings. The molecule has 2 atom stereocenters. The SMILES string of the molecule is Fc1cc(CN2C[C@@H]3C[C@H]2CO3)ccc1-c1ccnc2c(-c3cccc4[nH]ncc34)c(-c3ccncc3)nn12. The van der Waals surface area contributed by atoms with Gasteiger partial charge < -0.3 is 4.74 Å². The molecular weight excluding hydrogens is 493 g/mol. The first-order valence-electron chi connectivity index (χ1n) is 13.1. The molecule has 9 heteroatoms. The number of ether oxygens (including phenoxy) is 1. The molecule has 0 aliphatic carbocycles. The Hall–Kier alpha value is -4.47. The maximum Gasteiger partial charge on any atom is 0.164 e. The van der Waals surface area contributed by atoms with Gasteiger partial charge in [0.05, 0.1) is 35.7 Å². The van der Waals surface area contributed by atoms with Crippen molar-refractivity contribution in [1.82, 2.24) is 34.7 Å². The molecule has 39 heavy (non-hydrogen) atoms. The normalized spacial score (nSPS) is 19.0. The first-order valence-corrected chi connectivity index (χ1v) is 13.1. The van der Waals surface area contributed by atoms with E-state index in [1.165, 1.54) is 0 Å². The summed E-state index contributed by atoms with van der Waals surface area (Å²) in [5.41, 5.74) is 7.09. The van der Waals surface area contributed by atoms with E-state index < -0.39 is 0 Å². The van der Waals surface area contributed by atoms with Crippen molar-refractivity contribution in [2.24, 2.45) is 0 Å². The molecule has 6 aromatic rings. The lowest BCUT2D eigenvalue weighted by Gasteiger charge is -2.26. The van der Waals surface area contributed by atoms with Crippen molar-refractivity contribution in [2.45, 2.75) is 25.1 Å². The Balaban J connectivity index is 1.27. The van der Waals surface area contributed by atoms with Crippen LogP contribution in [0.3, 0.4) is 0 Å². The van der Waals surface area contributed by atoms with Gasteiger partial charge in [-0.05, 0) is 53.9 Å². The third-order valence-electron chi connectivity index (χ3n) is 7.94. The third kappa shape index (κ3) is 3.65. The van der Waals surface area contributed by atoms with Gasteiger partial charge in [0, 0.05) is 54.2 Å². The minimum absolute atomic E-state index is 0.278. The highest BCUT2D eigenvalue weighted by Crippen LogP contribution is 2.39. The van der Waals surface area contributed by atoms with Gasteiger partial charge in [-0.25, -0.2) is 13.9 Å². The van der Waals surface area contributed by atoms with Gasteiger partial charge in [-0.1, -0.05) is 18.2 Å². The Bertz CT molecular complexity index is 1850. The van der Waals surface area contributed by atoms with Gasteiger partial charge in [-0.2, -0.15) is 10.2 Å². The Morgan fingerprint density at radius 3 is 2.77 bits per heavy atom. The Morgan fingerprint density at radius 2 is 1.95 bits per heavy atom. The molecule has 0 radical (unpaired) electrons. The van der Waals surface area contributed by atoms with Gasteiger partial charge >= 0.3 is 0 Å². The zero-order valence-corrected chi connectivity index (χ0v) is 21.0. The predicted molar refractivity (Wildman–Crippen MR) is 145 cm³/mol. The minimum Gasteiger partial charge on any atom is -0.375 e. The maximum absolute atomic E-state index is 15.7. The van der Waals surface area contributed by atoms with Crippen LogP contribution in [-0.2, 0) is 11.3 Å². The Morgan fingerprint density at radius 1 is 1.03 bits per heavy atom. The van der Waals surface area contributed by atoms with E-state index >= 15 is 4.39 Å². The highest BCUT2D eigenvalue weighted by atomic mass is 19.1. The molecule has 6 heterocycles. The number of nitrogens with one attached hydrogen (secondary N) is 1. The van der Waals surface area contributed by atoms with Gasteiger partial charge in [-0.3, -0.25) is 15.0 Å². The van der Waals surface area contributed by atoms with E-state index in [9.17, 15) is 0 Å². The number of rotatable bonds is 5. The van der Waals surface area contributed by atoms with E-state index in [-0.39, 0.29) is 5.82 Å². The standard InChI is InChI=1S/C30H24FN7O/c31-25-12-18(15-37-16-21-13-20(37)17-39-21)4-5-23(25)27-8-11-33-30-28(22-2-1-3-26-24(22)14-34-35-26)29(36-38(27)30)19-6-9-32-10-7-19/h1-12,14,20-21H,13,15-17H2,(H,34,35)/t20-,21-/m0/s1. The maximum atomic E-state index is 15.7. The van der Waals surface area contributed by atoms with Crippen LogP contribution in [-0.4, -0.2) is 60.0 Å². The number of morpholine rings is 1. The molecule has 8 rings (SSSR count). The summed E-state index contributed by atoms with van der Waals surface area (Å²) in [6.45, 7) is 2.41. The number of likely N-dealkylation sites (tertiary alicyclic amines) is 1. The number of halogens is 1. The van der Waals surface area contributed by atoms with Crippen molar-refractivity contribution >= 4 is 16.6 Å². The number of hydrogen-bond donors (Lipinski definition) is 1. The summed E-state index contributed by atoms with van der Waals surface area (Å²) in [4.78, 5) is 11.3. The molecule has 8 nitrogen and oxygen atoms in total. The fourth-order valence-corrected chi connectivity index (χ4v) is 6.07. The summed E-state index contributed by atoms with van der Waals surface area (Å²) in [6.07, 6.45) is 8.41. The molecule has 4 aromatic heterocycles. The number of benzene rings is 2. The van der Waals surface area contributed by atoms with Crippen LogP contribution in [0, 0.1) is 5.82 Å². The number of fused-ring (bicyclic) bond motifs is 4. The zero-order valence-electron chi connectivity index (χ0n) is 21.0. The van der Waals surface area contributed by atoms with Crippen molar-refractivity contribution in [3.8, 4) is 33.6 Å². The van der Waals surface area contributed by atoms with Gasteiger partial charge in [-0.15, -0.1) is 0 Å². The largest absolute Gasteiger partial charge is 0.375 e. The fraction of sp³-hybridized carbons (Fsp3) is 0.200. The highest BCUT2D eigenvalue weighted by Gasteiger charge is 2.38. The predicted octanol–water partition coefficient (Wildman–Crippen LogP) is 5.11. The van der Waals surface area contributed by atoms with Crippen molar-refractivity contribution < 1.29 is 9.13 Å². The Kier molecular flexibility index (Phi) is 5.07. The van der Waals surface area contributed by atoms with E-state index in [1.54, 1.807) is 29.2 Å². The van der Waals surface area contributed by atoms with Gasteiger partial charge in [0.15, 0.2) is 5.65 Å². The molecule has 0 saturated carbocycles. The molecule has 2 aromatic carbocycles. The molecular formula is C30H24FN7O. The molecule has 2 bridgehead atoms. The van der Waals surface area contributed by atoms with Crippen LogP contribution < -0.4 is 0 Å². The summed E-state index contributed by atoms with van der Waals surface area (Å²) in [7, 11) is 0. The lowest BCUT2D eigenvalue weighted by atomic mass is 9.99. The minimum atomic E-state index is -0.278. The van der Waals surface area contributed by atoms with Gasteiger partial charge in [0.2, 0.25) is 0 Å².